The van der Waals surface area contributed by atoms with Crippen LogP contribution in [0.1, 0.15) is 16.8 Å². The van der Waals surface area contributed by atoms with E-state index in [9.17, 15) is 14.9 Å². The van der Waals surface area contributed by atoms with Crippen molar-refractivity contribution in [2.45, 2.75) is 12.5 Å². The normalized spacial score (nSPS) is 19.4. The Labute approximate surface area is 118 Å². The van der Waals surface area contributed by atoms with Crippen molar-refractivity contribution in [1.29, 1.82) is 0 Å². The first-order chi connectivity index (χ1) is 9.47. The predicted molar refractivity (Wildman–Crippen MR) is 76.0 cm³/mol. The van der Waals surface area contributed by atoms with Crippen molar-refractivity contribution < 1.29 is 9.72 Å². The minimum absolute atomic E-state index is 0.00962. The molecular weight excluding hydrogens is 258 g/mol. The Morgan fingerprint density at radius 3 is 2.55 bits per heavy atom. The van der Waals surface area contributed by atoms with Gasteiger partial charge < -0.3 is 4.90 Å². The summed E-state index contributed by atoms with van der Waals surface area (Å²) >= 11 is 0. The van der Waals surface area contributed by atoms with Crippen LogP contribution < -0.4 is 0 Å². The SMILES string of the molecule is CN(C)C1CCN(CC(=O)c2ccc([N+](=O)[O-])cc2)C1. The van der Waals surface area contributed by atoms with Crippen molar-refractivity contribution in [3.05, 3.63) is 39.9 Å². The van der Waals surface area contributed by atoms with E-state index in [0.29, 0.717) is 18.2 Å². The van der Waals surface area contributed by atoms with Crippen LogP contribution in [0.25, 0.3) is 0 Å². The molecule has 0 radical (unpaired) electrons. The Bertz CT molecular complexity index is 499. The number of carbonyl (C=O) groups is 1. The zero-order valence-electron chi connectivity index (χ0n) is 11.8. The van der Waals surface area contributed by atoms with Crippen LogP contribution in [-0.4, -0.2) is 60.3 Å². The van der Waals surface area contributed by atoms with Gasteiger partial charge in [-0.2, -0.15) is 0 Å². The summed E-state index contributed by atoms with van der Waals surface area (Å²) in [5, 5.41) is 10.6. The van der Waals surface area contributed by atoms with E-state index in [2.05, 4.69) is 9.80 Å². The summed E-state index contributed by atoms with van der Waals surface area (Å²) < 4.78 is 0. The number of ketones is 1. The highest BCUT2D eigenvalue weighted by atomic mass is 16.6. The largest absolute Gasteiger partial charge is 0.305 e. The predicted octanol–water partition coefficient (Wildman–Crippen LogP) is 1.41. The van der Waals surface area contributed by atoms with Crippen LogP contribution >= 0.6 is 0 Å². The Morgan fingerprint density at radius 1 is 1.40 bits per heavy atom. The van der Waals surface area contributed by atoms with E-state index in [1.54, 1.807) is 0 Å². The molecule has 20 heavy (non-hydrogen) atoms. The molecule has 0 aliphatic carbocycles. The highest BCUT2D eigenvalue weighted by Crippen LogP contribution is 2.16. The molecule has 1 heterocycles. The first-order valence-electron chi connectivity index (χ1n) is 6.64. The van der Waals surface area contributed by atoms with Crippen molar-refractivity contribution in [1.82, 2.24) is 9.80 Å². The maximum absolute atomic E-state index is 12.1. The molecule has 1 fully saturated rings. The van der Waals surface area contributed by atoms with Gasteiger partial charge in [-0.25, -0.2) is 0 Å². The van der Waals surface area contributed by atoms with E-state index in [1.807, 2.05) is 14.1 Å². The number of likely N-dealkylation sites (N-methyl/N-ethyl adjacent to an activating group) is 1. The Balaban J connectivity index is 1.94. The second-order valence-electron chi connectivity index (χ2n) is 5.37. The molecule has 6 nitrogen and oxygen atoms in total. The van der Waals surface area contributed by atoms with Crippen molar-refractivity contribution in [3.8, 4) is 0 Å². The number of nitro groups is 1. The first-order valence-corrected chi connectivity index (χ1v) is 6.64. The summed E-state index contributed by atoms with van der Waals surface area (Å²) in [5.74, 6) is 0.0132. The molecule has 1 aliphatic heterocycles. The smallest absolute Gasteiger partial charge is 0.269 e. The lowest BCUT2D eigenvalue weighted by molar-refractivity contribution is -0.384. The molecule has 1 atom stereocenters. The lowest BCUT2D eigenvalue weighted by atomic mass is 10.1. The van der Waals surface area contributed by atoms with Crippen LogP contribution in [0.2, 0.25) is 0 Å². The highest BCUT2D eigenvalue weighted by Gasteiger charge is 2.25. The van der Waals surface area contributed by atoms with Crippen LogP contribution in [0.5, 0.6) is 0 Å². The van der Waals surface area contributed by atoms with Crippen molar-refractivity contribution in [3.63, 3.8) is 0 Å². The molecule has 0 spiro atoms. The number of Topliss-reactive ketones (excluding diaryl/α,β-unsaturated/α-hetero) is 1. The number of benzene rings is 1. The van der Waals surface area contributed by atoms with E-state index in [-0.39, 0.29) is 11.5 Å². The van der Waals surface area contributed by atoms with Gasteiger partial charge in [0.2, 0.25) is 0 Å². The summed E-state index contributed by atoms with van der Waals surface area (Å²) in [6.07, 6.45) is 1.07. The van der Waals surface area contributed by atoms with E-state index >= 15 is 0 Å². The summed E-state index contributed by atoms with van der Waals surface area (Å²) in [4.78, 5) is 26.6. The van der Waals surface area contributed by atoms with Crippen molar-refractivity contribution in [2.75, 3.05) is 33.7 Å². The number of hydrogen-bond acceptors (Lipinski definition) is 5. The van der Waals surface area contributed by atoms with Gasteiger partial charge in [0.15, 0.2) is 5.78 Å². The number of hydrogen-bond donors (Lipinski definition) is 0. The zero-order valence-corrected chi connectivity index (χ0v) is 11.8. The minimum Gasteiger partial charge on any atom is -0.305 e. The van der Waals surface area contributed by atoms with Gasteiger partial charge in [-0.15, -0.1) is 0 Å². The highest BCUT2D eigenvalue weighted by molar-refractivity contribution is 5.97. The molecule has 1 unspecified atom stereocenters. The second kappa shape index (κ2) is 6.11. The van der Waals surface area contributed by atoms with E-state index in [0.717, 1.165) is 19.5 Å². The number of nitro benzene ring substituents is 1. The van der Waals surface area contributed by atoms with Crippen molar-refractivity contribution in [2.24, 2.45) is 0 Å². The Kier molecular flexibility index (Phi) is 4.46. The molecular formula is C14H19N3O3. The molecule has 1 aromatic carbocycles. The molecule has 6 heteroatoms. The molecule has 0 amide bonds. The molecule has 2 rings (SSSR count). The summed E-state index contributed by atoms with van der Waals surface area (Å²) in [5.41, 5.74) is 0.541. The number of non-ortho nitro benzene ring substituents is 1. The molecule has 0 aromatic heterocycles. The van der Waals surface area contributed by atoms with Gasteiger partial charge in [0.25, 0.3) is 5.69 Å². The lowest BCUT2D eigenvalue weighted by Crippen LogP contribution is -2.33. The molecule has 108 valence electrons. The van der Waals surface area contributed by atoms with Gasteiger partial charge in [0.05, 0.1) is 11.5 Å². The number of likely N-dealkylation sites (tertiary alicyclic amines) is 1. The molecule has 1 saturated heterocycles. The summed E-state index contributed by atoms with van der Waals surface area (Å²) in [7, 11) is 4.10. The number of nitrogens with zero attached hydrogens (tertiary/aromatic N) is 3. The van der Waals surface area contributed by atoms with Gasteiger partial charge in [-0.1, -0.05) is 0 Å². The fraction of sp³-hybridized carbons (Fsp3) is 0.500. The van der Waals surface area contributed by atoms with Crippen LogP contribution in [0.3, 0.4) is 0 Å². The molecule has 0 saturated carbocycles. The fourth-order valence-electron chi connectivity index (χ4n) is 2.44. The maximum atomic E-state index is 12.1. The minimum atomic E-state index is -0.462. The molecule has 1 aromatic rings. The van der Waals surface area contributed by atoms with Gasteiger partial charge in [0.1, 0.15) is 0 Å². The van der Waals surface area contributed by atoms with Crippen LogP contribution in [0, 0.1) is 10.1 Å². The maximum Gasteiger partial charge on any atom is 0.269 e. The van der Waals surface area contributed by atoms with Gasteiger partial charge >= 0.3 is 0 Å². The third-order valence-corrected chi connectivity index (χ3v) is 3.75. The van der Waals surface area contributed by atoms with Gasteiger partial charge in [-0.3, -0.25) is 19.8 Å². The van der Waals surface area contributed by atoms with Crippen LogP contribution in [0.15, 0.2) is 24.3 Å². The third kappa shape index (κ3) is 3.40. The average Bonchev–Trinajstić information content (AvgIpc) is 2.87. The lowest BCUT2D eigenvalue weighted by Gasteiger charge is -2.19. The standard InChI is InChI=1S/C14H19N3O3/c1-15(2)13-7-8-16(9-13)10-14(18)11-3-5-12(6-4-11)17(19)20/h3-6,13H,7-10H2,1-2H3. The number of carbonyl (C=O) groups excluding carboxylic acids is 1. The number of rotatable bonds is 5. The first kappa shape index (κ1) is 14.6. The summed E-state index contributed by atoms with van der Waals surface area (Å²) in [6.45, 7) is 2.19. The van der Waals surface area contributed by atoms with Gasteiger partial charge in [-0.05, 0) is 32.6 Å². The molecule has 0 bridgehead atoms. The van der Waals surface area contributed by atoms with Crippen LogP contribution in [0.4, 0.5) is 5.69 Å². The van der Waals surface area contributed by atoms with Crippen molar-refractivity contribution >= 4 is 11.5 Å². The zero-order chi connectivity index (χ0) is 14.7. The molecule has 1 aliphatic rings. The quantitative estimate of drug-likeness (QED) is 0.462. The average molecular weight is 277 g/mol. The Hall–Kier alpha value is -1.79. The summed E-state index contributed by atoms with van der Waals surface area (Å²) in [6, 6.07) is 6.30. The van der Waals surface area contributed by atoms with Crippen LogP contribution in [-0.2, 0) is 0 Å². The second-order valence-corrected chi connectivity index (χ2v) is 5.37. The topological polar surface area (TPSA) is 66.7 Å². The van der Waals surface area contributed by atoms with E-state index in [4.69, 9.17) is 0 Å². The van der Waals surface area contributed by atoms with E-state index in [1.165, 1.54) is 24.3 Å². The Morgan fingerprint density at radius 2 is 2.05 bits per heavy atom. The fourth-order valence-corrected chi connectivity index (χ4v) is 2.44. The molecule has 0 N–H and O–H groups in total. The van der Waals surface area contributed by atoms with Gasteiger partial charge in [0, 0.05) is 36.8 Å². The third-order valence-electron chi connectivity index (χ3n) is 3.75. The monoisotopic (exact) mass is 277 g/mol. The van der Waals surface area contributed by atoms with E-state index < -0.39 is 4.92 Å².